The maximum atomic E-state index is 13.2. The quantitative estimate of drug-likeness (QED) is 0.317. The first-order valence-electron chi connectivity index (χ1n) is 11.6. The van der Waals surface area contributed by atoms with Crippen LogP contribution in [0.25, 0.3) is 10.9 Å². The van der Waals surface area contributed by atoms with Crippen molar-refractivity contribution in [3.8, 4) is 6.07 Å². The lowest BCUT2D eigenvalue weighted by atomic mass is 9.84. The van der Waals surface area contributed by atoms with E-state index in [1.807, 2.05) is 48.5 Å². The van der Waals surface area contributed by atoms with Gasteiger partial charge in [-0.25, -0.2) is 0 Å². The average Bonchev–Trinajstić information content (AvgIpc) is 2.92. The standard InChI is InChI=1S/C28H23ClN4O2S/c29-23-8-2-1-7-22(23)28(35)12-15-33(16-13-28)27(34)20-10-11-24(21(17-20)18-30)32-36-25-9-3-5-19-6-4-14-31-26(19)25/h1-11,14,17,32,35H,12-13,15-16H2. The molecule has 1 amide bonds. The molecular weight excluding hydrogens is 492 g/mol. The van der Waals surface area contributed by atoms with Crippen LogP contribution in [0.2, 0.25) is 5.02 Å². The number of nitrogens with one attached hydrogen (secondary N) is 1. The lowest BCUT2D eigenvalue weighted by Gasteiger charge is -2.39. The van der Waals surface area contributed by atoms with E-state index in [0.29, 0.717) is 53.3 Å². The van der Waals surface area contributed by atoms with Gasteiger partial charge in [0.2, 0.25) is 0 Å². The van der Waals surface area contributed by atoms with Gasteiger partial charge in [0.25, 0.3) is 5.91 Å². The molecule has 2 heterocycles. The summed E-state index contributed by atoms with van der Waals surface area (Å²) < 4.78 is 3.24. The van der Waals surface area contributed by atoms with Gasteiger partial charge in [0, 0.05) is 40.8 Å². The largest absolute Gasteiger partial charge is 0.385 e. The normalized spacial score (nSPS) is 14.9. The number of likely N-dealkylation sites (tertiary alicyclic amines) is 1. The molecule has 0 unspecified atom stereocenters. The number of benzene rings is 3. The van der Waals surface area contributed by atoms with Crippen molar-refractivity contribution in [2.45, 2.75) is 23.3 Å². The first-order chi connectivity index (χ1) is 17.5. The topological polar surface area (TPSA) is 89.2 Å². The number of anilines is 1. The third kappa shape index (κ3) is 4.76. The number of fused-ring (bicyclic) bond motifs is 1. The zero-order chi connectivity index (χ0) is 25.1. The third-order valence-corrected chi connectivity index (χ3v) is 7.71. The maximum absolute atomic E-state index is 13.2. The molecule has 4 aromatic rings. The van der Waals surface area contributed by atoms with E-state index in [-0.39, 0.29) is 5.91 Å². The van der Waals surface area contributed by atoms with Crippen molar-refractivity contribution in [3.05, 3.63) is 101 Å². The molecule has 0 saturated carbocycles. The van der Waals surface area contributed by atoms with Crippen LogP contribution < -0.4 is 4.72 Å². The number of rotatable bonds is 5. The number of nitriles is 1. The molecule has 36 heavy (non-hydrogen) atoms. The van der Waals surface area contributed by atoms with Gasteiger partial charge in [-0.05, 0) is 61.2 Å². The van der Waals surface area contributed by atoms with Crippen molar-refractivity contribution in [1.29, 1.82) is 5.26 Å². The molecule has 1 aliphatic heterocycles. The SMILES string of the molecule is N#Cc1cc(C(=O)N2CCC(O)(c3ccccc3Cl)CC2)ccc1NSc1cccc2cccnc12. The Morgan fingerprint density at radius 2 is 1.86 bits per heavy atom. The molecule has 8 heteroatoms. The number of carbonyl (C=O) groups excluding carboxylic acids is 1. The first-order valence-corrected chi connectivity index (χ1v) is 12.8. The van der Waals surface area contributed by atoms with E-state index in [1.165, 1.54) is 11.9 Å². The summed E-state index contributed by atoms with van der Waals surface area (Å²) in [6.07, 6.45) is 2.54. The molecule has 180 valence electrons. The summed E-state index contributed by atoms with van der Waals surface area (Å²) in [4.78, 5) is 20.3. The number of carbonyl (C=O) groups is 1. The predicted octanol–water partition coefficient (Wildman–Crippen LogP) is 6.00. The molecular formula is C28H23ClN4O2S. The number of hydrogen-bond donors (Lipinski definition) is 2. The van der Waals surface area contributed by atoms with Crippen molar-refractivity contribution in [3.63, 3.8) is 0 Å². The lowest BCUT2D eigenvalue weighted by Crippen LogP contribution is -2.45. The van der Waals surface area contributed by atoms with Crippen LogP contribution in [0.1, 0.15) is 34.3 Å². The maximum Gasteiger partial charge on any atom is 0.253 e. The lowest BCUT2D eigenvalue weighted by molar-refractivity contribution is -0.0210. The van der Waals surface area contributed by atoms with Crippen molar-refractivity contribution in [1.82, 2.24) is 9.88 Å². The number of hydrogen-bond acceptors (Lipinski definition) is 6. The number of amides is 1. The Balaban J connectivity index is 1.28. The second-order valence-corrected chi connectivity index (χ2v) is 9.97. The summed E-state index contributed by atoms with van der Waals surface area (Å²) in [5.41, 5.74) is 1.96. The highest BCUT2D eigenvalue weighted by molar-refractivity contribution is 8.00. The van der Waals surface area contributed by atoms with Crippen LogP contribution >= 0.6 is 23.5 Å². The Bertz CT molecular complexity index is 1470. The number of aliphatic hydroxyl groups is 1. The van der Waals surface area contributed by atoms with E-state index in [1.54, 1.807) is 35.4 Å². The average molecular weight is 515 g/mol. The van der Waals surface area contributed by atoms with Gasteiger partial charge in [0.15, 0.2) is 0 Å². The van der Waals surface area contributed by atoms with Crippen LogP contribution in [-0.4, -0.2) is 34.0 Å². The number of nitrogens with zero attached hydrogens (tertiary/aromatic N) is 3. The molecule has 1 aromatic heterocycles. The summed E-state index contributed by atoms with van der Waals surface area (Å²) in [6, 6.07) is 24.4. The zero-order valence-electron chi connectivity index (χ0n) is 19.3. The summed E-state index contributed by atoms with van der Waals surface area (Å²) in [5, 5.41) is 22.5. The Labute approximate surface area is 218 Å². The molecule has 2 N–H and O–H groups in total. The second-order valence-electron chi connectivity index (χ2n) is 8.71. The van der Waals surface area contributed by atoms with Crippen molar-refractivity contribution < 1.29 is 9.90 Å². The molecule has 3 aromatic carbocycles. The summed E-state index contributed by atoms with van der Waals surface area (Å²) >= 11 is 7.68. The van der Waals surface area contributed by atoms with Gasteiger partial charge in [0.1, 0.15) is 6.07 Å². The monoisotopic (exact) mass is 514 g/mol. The van der Waals surface area contributed by atoms with Crippen LogP contribution in [0.5, 0.6) is 0 Å². The van der Waals surface area contributed by atoms with Crippen LogP contribution in [0.4, 0.5) is 5.69 Å². The van der Waals surface area contributed by atoms with Gasteiger partial charge in [-0.15, -0.1) is 0 Å². The number of para-hydroxylation sites is 1. The molecule has 0 spiro atoms. The molecule has 0 bridgehead atoms. The Hall–Kier alpha value is -3.57. The van der Waals surface area contributed by atoms with Crippen LogP contribution in [0.3, 0.4) is 0 Å². The van der Waals surface area contributed by atoms with Crippen LogP contribution in [-0.2, 0) is 5.60 Å². The van der Waals surface area contributed by atoms with E-state index in [9.17, 15) is 15.2 Å². The van der Waals surface area contributed by atoms with Gasteiger partial charge in [-0.2, -0.15) is 5.26 Å². The van der Waals surface area contributed by atoms with Gasteiger partial charge in [-0.3, -0.25) is 9.78 Å². The van der Waals surface area contributed by atoms with Gasteiger partial charge in [-0.1, -0.05) is 48.0 Å². The molecule has 6 nitrogen and oxygen atoms in total. The highest BCUT2D eigenvalue weighted by Gasteiger charge is 2.37. The molecule has 1 aliphatic rings. The first kappa shape index (κ1) is 24.1. The Morgan fingerprint density at radius 3 is 2.64 bits per heavy atom. The summed E-state index contributed by atoms with van der Waals surface area (Å²) in [7, 11) is 0. The minimum absolute atomic E-state index is 0.162. The highest BCUT2D eigenvalue weighted by atomic mass is 35.5. The molecule has 0 aliphatic carbocycles. The molecule has 1 saturated heterocycles. The number of pyridine rings is 1. The number of halogens is 1. The van der Waals surface area contributed by atoms with E-state index in [4.69, 9.17) is 11.6 Å². The molecule has 1 fully saturated rings. The molecule has 5 rings (SSSR count). The molecule has 0 radical (unpaired) electrons. The van der Waals surface area contributed by atoms with Crippen LogP contribution in [0, 0.1) is 11.3 Å². The smallest absolute Gasteiger partial charge is 0.253 e. The minimum Gasteiger partial charge on any atom is -0.385 e. The third-order valence-electron chi connectivity index (χ3n) is 6.51. The number of aromatic nitrogens is 1. The Kier molecular flexibility index (Phi) is 6.84. The van der Waals surface area contributed by atoms with E-state index in [2.05, 4.69) is 15.8 Å². The van der Waals surface area contributed by atoms with Gasteiger partial charge >= 0.3 is 0 Å². The predicted molar refractivity (Wildman–Crippen MR) is 143 cm³/mol. The van der Waals surface area contributed by atoms with Crippen molar-refractivity contribution >= 4 is 46.0 Å². The second kappa shape index (κ2) is 10.2. The Morgan fingerprint density at radius 1 is 1.08 bits per heavy atom. The summed E-state index contributed by atoms with van der Waals surface area (Å²) in [6.45, 7) is 0.790. The fraction of sp³-hybridized carbons (Fsp3) is 0.179. The van der Waals surface area contributed by atoms with Crippen molar-refractivity contribution in [2.75, 3.05) is 17.8 Å². The van der Waals surface area contributed by atoms with E-state index in [0.717, 1.165) is 15.8 Å². The van der Waals surface area contributed by atoms with E-state index < -0.39 is 5.60 Å². The zero-order valence-corrected chi connectivity index (χ0v) is 20.9. The highest BCUT2D eigenvalue weighted by Crippen LogP contribution is 2.37. The van der Waals surface area contributed by atoms with Crippen LogP contribution in [0.15, 0.2) is 83.9 Å². The van der Waals surface area contributed by atoms with E-state index >= 15 is 0 Å². The molecule has 0 atom stereocenters. The fourth-order valence-electron chi connectivity index (χ4n) is 4.50. The minimum atomic E-state index is -1.06. The summed E-state index contributed by atoms with van der Waals surface area (Å²) in [5.74, 6) is -0.162. The van der Waals surface area contributed by atoms with Gasteiger partial charge < -0.3 is 14.7 Å². The van der Waals surface area contributed by atoms with Crippen molar-refractivity contribution in [2.24, 2.45) is 0 Å². The van der Waals surface area contributed by atoms with Gasteiger partial charge in [0.05, 0.1) is 27.3 Å². The number of piperidine rings is 1. The fourth-order valence-corrected chi connectivity index (χ4v) is 5.62.